The summed E-state index contributed by atoms with van der Waals surface area (Å²) in [6, 6.07) is 12.9. The first-order chi connectivity index (χ1) is 10.5. The highest BCUT2D eigenvalue weighted by Crippen LogP contribution is 2.20. The van der Waals surface area contributed by atoms with Gasteiger partial charge in [-0.2, -0.15) is 0 Å². The lowest BCUT2D eigenvalue weighted by atomic mass is 10.1. The number of hydrogen-bond donors (Lipinski definition) is 1. The van der Waals surface area contributed by atoms with Crippen LogP contribution in [0.25, 0.3) is 0 Å². The van der Waals surface area contributed by atoms with Gasteiger partial charge in [-0.25, -0.2) is 0 Å². The normalized spacial score (nSPS) is 10.3. The molecule has 2 rings (SSSR count). The zero-order chi connectivity index (χ0) is 15.9. The van der Waals surface area contributed by atoms with Crippen LogP contribution < -0.4 is 10.1 Å². The van der Waals surface area contributed by atoms with Crippen LogP contribution in [0.4, 0.5) is 0 Å². The predicted octanol–water partition coefficient (Wildman–Crippen LogP) is 4.04. The minimum absolute atomic E-state index is 0.0122. The van der Waals surface area contributed by atoms with Gasteiger partial charge in [0.1, 0.15) is 5.75 Å². The Balaban J connectivity index is 1.71. The van der Waals surface area contributed by atoms with Gasteiger partial charge in [0.2, 0.25) is 0 Å². The molecule has 0 atom stereocenters. The van der Waals surface area contributed by atoms with Crippen LogP contribution in [0.5, 0.6) is 5.75 Å². The first-order valence-electron chi connectivity index (χ1n) is 6.94. The minimum Gasteiger partial charge on any atom is -0.484 e. The molecule has 0 spiro atoms. The minimum atomic E-state index is -0.151. The molecule has 116 valence electrons. The molecule has 0 heterocycles. The highest BCUT2D eigenvalue weighted by Gasteiger charge is 2.04. The molecule has 0 saturated heterocycles. The van der Waals surface area contributed by atoms with Gasteiger partial charge >= 0.3 is 0 Å². The highest BCUT2D eigenvalue weighted by molar-refractivity contribution is 6.31. The number of nitrogens with one attached hydrogen (secondary N) is 1. The molecule has 1 amide bonds. The maximum Gasteiger partial charge on any atom is 0.257 e. The molecule has 2 aromatic rings. The zero-order valence-corrected chi connectivity index (χ0v) is 13.7. The number of carbonyl (C=O) groups is 1. The van der Waals surface area contributed by atoms with Gasteiger partial charge in [-0.05, 0) is 54.8 Å². The number of carbonyl (C=O) groups excluding carboxylic acids is 1. The molecule has 0 unspecified atom stereocenters. The molecular weight excluding hydrogens is 321 g/mol. The Labute approximate surface area is 140 Å². The van der Waals surface area contributed by atoms with Crippen molar-refractivity contribution < 1.29 is 9.53 Å². The molecule has 0 fully saturated rings. The molecule has 22 heavy (non-hydrogen) atoms. The van der Waals surface area contributed by atoms with Crippen LogP contribution in [0.15, 0.2) is 42.5 Å². The first-order valence-corrected chi connectivity index (χ1v) is 7.70. The van der Waals surface area contributed by atoms with Crippen LogP contribution in [0, 0.1) is 6.92 Å². The van der Waals surface area contributed by atoms with E-state index in [0.29, 0.717) is 22.3 Å². The molecule has 0 aliphatic rings. The molecule has 0 saturated carbocycles. The second-order valence-electron chi connectivity index (χ2n) is 4.93. The molecule has 3 nitrogen and oxygen atoms in total. The molecular formula is C17H17Cl2NO2. The lowest BCUT2D eigenvalue weighted by Gasteiger charge is -2.08. The number of rotatable bonds is 6. The Kier molecular flexibility index (Phi) is 6.10. The lowest BCUT2D eigenvalue weighted by molar-refractivity contribution is -0.123. The molecule has 0 aliphatic heterocycles. The largest absolute Gasteiger partial charge is 0.484 e. The van der Waals surface area contributed by atoms with E-state index < -0.39 is 0 Å². The van der Waals surface area contributed by atoms with Gasteiger partial charge in [0.05, 0.1) is 0 Å². The van der Waals surface area contributed by atoms with Crippen LogP contribution in [0.1, 0.15) is 11.1 Å². The third kappa shape index (κ3) is 5.24. The van der Waals surface area contributed by atoms with Crippen molar-refractivity contribution in [3.05, 3.63) is 63.6 Å². The van der Waals surface area contributed by atoms with E-state index in [1.165, 1.54) is 0 Å². The third-order valence-electron chi connectivity index (χ3n) is 3.15. The smallest absolute Gasteiger partial charge is 0.257 e. The highest BCUT2D eigenvalue weighted by atomic mass is 35.5. The van der Waals surface area contributed by atoms with E-state index in [0.717, 1.165) is 17.5 Å². The Morgan fingerprint density at radius 1 is 1.14 bits per heavy atom. The Morgan fingerprint density at radius 2 is 1.86 bits per heavy atom. The number of hydrogen-bond acceptors (Lipinski definition) is 2. The quantitative estimate of drug-likeness (QED) is 0.863. The van der Waals surface area contributed by atoms with E-state index in [2.05, 4.69) is 5.32 Å². The first kappa shape index (κ1) is 16.7. The number of halogens is 2. The van der Waals surface area contributed by atoms with Gasteiger partial charge in [0.15, 0.2) is 6.61 Å². The second-order valence-corrected chi connectivity index (χ2v) is 5.77. The summed E-state index contributed by atoms with van der Waals surface area (Å²) in [5.74, 6) is 0.483. The van der Waals surface area contributed by atoms with Crippen LogP contribution >= 0.6 is 23.2 Å². The maximum absolute atomic E-state index is 11.7. The fourth-order valence-corrected chi connectivity index (χ4v) is 2.15. The van der Waals surface area contributed by atoms with Crippen LogP contribution in [0.3, 0.4) is 0 Å². The van der Waals surface area contributed by atoms with E-state index in [1.807, 2.05) is 37.3 Å². The van der Waals surface area contributed by atoms with Crippen molar-refractivity contribution in [1.29, 1.82) is 0 Å². The van der Waals surface area contributed by atoms with Gasteiger partial charge in [-0.15, -0.1) is 0 Å². The third-order valence-corrected chi connectivity index (χ3v) is 3.82. The summed E-state index contributed by atoms with van der Waals surface area (Å²) in [5.41, 5.74) is 2.04. The molecule has 0 bridgehead atoms. The number of amides is 1. The fourth-order valence-electron chi connectivity index (χ4n) is 1.90. The monoisotopic (exact) mass is 337 g/mol. The summed E-state index contributed by atoms with van der Waals surface area (Å²) < 4.78 is 5.43. The summed E-state index contributed by atoms with van der Waals surface area (Å²) >= 11 is 11.8. The summed E-state index contributed by atoms with van der Waals surface area (Å²) in [7, 11) is 0. The van der Waals surface area contributed by atoms with Crippen LogP contribution in [-0.4, -0.2) is 19.1 Å². The van der Waals surface area contributed by atoms with Crippen molar-refractivity contribution in [2.75, 3.05) is 13.2 Å². The molecule has 0 radical (unpaired) electrons. The molecule has 0 aliphatic carbocycles. The van der Waals surface area contributed by atoms with Gasteiger partial charge in [-0.1, -0.05) is 35.3 Å². The lowest BCUT2D eigenvalue weighted by Crippen LogP contribution is -2.30. The van der Waals surface area contributed by atoms with Gasteiger partial charge in [0.25, 0.3) is 5.91 Å². The Hall–Kier alpha value is -1.71. The van der Waals surface area contributed by atoms with Crippen LogP contribution in [-0.2, 0) is 11.2 Å². The summed E-state index contributed by atoms with van der Waals surface area (Å²) in [5, 5.41) is 4.21. The van der Waals surface area contributed by atoms with E-state index in [1.54, 1.807) is 12.1 Å². The molecule has 2 aromatic carbocycles. The number of benzene rings is 2. The van der Waals surface area contributed by atoms with Gasteiger partial charge in [0, 0.05) is 16.6 Å². The van der Waals surface area contributed by atoms with E-state index in [-0.39, 0.29) is 12.5 Å². The molecule has 1 N–H and O–H groups in total. The van der Waals surface area contributed by atoms with Crippen LogP contribution in [0.2, 0.25) is 10.0 Å². The average Bonchev–Trinajstić information content (AvgIpc) is 2.50. The van der Waals surface area contributed by atoms with E-state index >= 15 is 0 Å². The molecule has 0 aromatic heterocycles. The topological polar surface area (TPSA) is 38.3 Å². The zero-order valence-electron chi connectivity index (χ0n) is 12.2. The van der Waals surface area contributed by atoms with Crippen molar-refractivity contribution in [2.24, 2.45) is 0 Å². The van der Waals surface area contributed by atoms with E-state index in [4.69, 9.17) is 27.9 Å². The average molecular weight is 338 g/mol. The fraction of sp³-hybridized carbons (Fsp3) is 0.235. The number of ether oxygens (including phenoxy) is 1. The van der Waals surface area contributed by atoms with E-state index in [9.17, 15) is 4.79 Å². The van der Waals surface area contributed by atoms with Crippen molar-refractivity contribution >= 4 is 29.1 Å². The summed E-state index contributed by atoms with van der Waals surface area (Å²) in [4.78, 5) is 11.7. The summed E-state index contributed by atoms with van der Waals surface area (Å²) in [6.45, 7) is 2.44. The van der Waals surface area contributed by atoms with Gasteiger partial charge in [-0.3, -0.25) is 4.79 Å². The second kappa shape index (κ2) is 8.06. The Morgan fingerprint density at radius 3 is 2.55 bits per heavy atom. The Bertz CT molecular complexity index is 642. The van der Waals surface area contributed by atoms with Crippen molar-refractivity contribution in [3.8, 4) is 5.75 Å². The predicted molar refractivity (Wildman–Crippen MR) is 89.8 cm³/mol. The van der Waals surface area contributed by atoms with Gasteiger partial charge < -0.3 is 10.1 Å². The standard InChI is InChI=1S/C17H17Cl2NO2/c1-12-10-15(6-7-16(12)19)22-11-17(21)20-9-8-13-2-4-14(18)5-3-13/h2-7,10H,8-9,11H2,1H3,(H,20,21). The summed E-state index contributed by atoms with van der Waals surface area (Å²) in [6.07, 6.45) is 0.753. The van der Waals surface area contributed by atoms with Crippen molar-refractivity contribution in [3.63, 3.8) is 0 Å². The molecule has 5 heteroatoms. The number of aryl methyl sites for hydroxylation is 1. The maximum atomic E-state index is 11.7. The SMILES string of the molecule is Cc1cc(OCC(=O)NCCc2ccc(Cl)cc2)ccc1Cl. The van der Waals surface area contributed by atoms with Crippen molar-refractivity contribution in [1.82, 2.24) is 5.32 Å². The van der Waals surface area contributed by atoms with Crippen molar-refractivity contribution in [2.45, 2.75) is 13.3 Å².